The van der Waals surface area contributed by atoms with Crippen LogP contribution in [-0.4, -0.2) is 31.4 Å². The second-order valence-electron chi connectivity index (χ2n) is 9.07. The minimum atomic E-state index is -0.793. The molecular weight excluding hydrogens is 540 g/mol. The SMILES string of the molecule is C=CCOC(=O)C1=C(C)N=c2s/c(=C\c3cccc(Oc4ccccc4)c3)c(=O)n2C1c1ccc(OC)c(OC)c1. The first-order valence-electron chi connectivity index (χ1n) is 12.8. The topological polar surface area (TPSA) is 88.4 Å². The standard InChI is InChI=1S/C32H28N2O6S/c1-5-16-39-31(36)28-20(2)33-32-34(29(28)22-14-15-25(37-3)26(19-22)38-4)30(35)27(41-32)18-21-10-9-13-24(17-21)40-23-11-7-6-8-12-23/h5-15,17-19,29H,1,16H2,2-4H3/b27-18-. The van der Waals surface area contributed by atoms with Gasteiger partial charge in [-0.2, -0.15) is 0 Å². The van der Waals surface area contributed by atoms with Crippen molar-refractivity contribution in [2.24, 2.45) is 4.99 Å². The fraction of sp³-hybridized carbons (Fsp3) is 0.156. The predicted octanol–water partition coefficient (Wildman–Crippen LogP) is 4.77. The molecule has 5 rings (SSSR count). The Morgan fingerprint density at radius 2 is 1.76 bits per heavy atom. The first kappa shape index (κ1) is 27.7. The van der Waals surface area contributed by atoms with Gasteiger partial charge in [-0.1, -0.05) is 60.4 Å². The number of rotatable bonds is 9. The highest BCUT2D eigenvalue weighted by atomic mass is 32.1. The van der Waals surface area contributed by atoms with E-state index in [-0.39, 0.29) is 17.7 Å². The van der Waals surface area contributed by atoms with Crippen molar-refractivity contribution < 1.29 is 23.7 Å². The van der Waals surface area contributed by atoms with Gasteiger partial charge in [0.15, 0.2) is 16.3 Å². The van der Waals surface area contributed by atoms with Crippen molar-refractivity contribution in [1.29, 1.82) is 0 Å². The van der Waals surface area contributed by atoms with Crippen LogP contribution in [0.4, 0.5) is 0 Å². The number of esters is 1. The zero-order chi connectivity index (χ0) is 28.9. The van der Waals surface area contributed by atoms with Crippen molar-refractivity contribution in [3.63, 3.8) is 0 Å². The molecule has 0 aliphatic carbocycles. The Morgan fingerprint density at radius 3 is 2.49 bits per heavy atom. The number of carbonyl (C=O) groups is 1. The Morgan fingerprint density at radius 1 is 1.00 bits per heavy atom. The van der Waals surface area contributed by atoms with Gasteiger partial charge in [0.05, 0.1) is 36.1 Å². The Hall–Kier alpha value is -4.89. The molecule has 1 aliphatic heterocycles. The third-order valence-electron chi connectivity index (χ3n) is 6.43. The molecule has 0 fully saturated rings. The number of hydrogen-bond acceptors (Lipinski definition) is 8. The normalized spacial score (nSPS) is 14.6. The number of fused-ring (bicyclic) bond motifs is 1. The number of para-hydroxylation sites is 1. The summed E-state index contributed by atoms with van der Waals surface area (Å²) in [6.07, 6.45) is 3.28. The summed E-state index contributed by atoms with van der Waals surface area (Å²) in [5.41, 5.74) is 1.87. The largest absolute Gasteiger partial charge is 0.493 e. The number of carbonyl (C=O) groups excluding carboxylic acids is 1. The minimum absolute atomic E-state index is 0.0279. The van der Waals surface area contributed by atoms with Crippen molar-refractivity contribution in [1.82, 2.24) is 4.57 Å². The highest BCUT2D eigenvalue weighted by molar-refractivity contribution is 7.07. The van der Waals surface area contributed by atoms with E-state index in [2.05, 4.69) is 11.6 Å². The van der Waals surface area contributed by atoms with Crippen LogP contribution >= 0.6 is 11.3 Å². The summed E-state index contributed by atoms with van der Waals surface area (Å²) in [4.78, 5) is 32.3. The second kappa shape index (κ2) is 12.1. The lowest BCUT2D eigenvalue weighted by Gasteiger charge is -2.25. The number of methoxy groups -OCH3 is 2. The highest BCUT2D eigenvalue weighted by Crippen LogP contribution is 2.36. The lowest BCUT2D eigenvalue weighted by Crippen LogP contribution is -2.40. The zero-order valence-corrected chi connectivity index (χ0v) is 23.6. The van der Waals surface area contributed by atoms with Gasteiger partial charge in [-0.05, 0) is 60.5 Å². The molecule has 0 bridgehead atoms. The van der Waals surface area contributed by atoms with Crippen molar-refractivity contribution in [2.45, 2.75) is 13.0 Å². The monoisotopic (exact) mass is 568 g/mol. The van der Waals surface area contributed by atoms with Gasteiger partial charge in [-0.3, -0.25) is 9.36 Å². The van der Waals surface area contributed by atoms with Crippen LogP contribution in [0.2, 0.25) is 0 Å². The van der Waals surface area contributed by atoms with Gasteiger partial charge < -0.3 is 18.9 Å². The van der Waals surface area contributed by atoms with Gasteiger partial charge >= 0.3 is 5.97 Å². The van der Waals surface area contributed by atoms with Crippen LogP contribution in [0.1, 0.15) is 24.1 Å². The van der Waals surface area contributed by atoms with E-state index in [9.17, 15) is 9.59 Å². The third kappa shape index (κ3) is 5.71. The maximum Gasteiger partial charge on any atom is 0.338 e. The average Bonchev–Trinajstić information content (AvgIpc) is 3.29. The smallest absolute Gasteiger partial charge is 0.338 e. The van der Waals surface area contributed by atoms with E-state index in [1.54, 1.807) is 38.3 Å². The summed E-state index contributed by atoms with van der Waals surface area (Å²) in [5, 5.41) is 0. The Labute approximate surface area is 240 Å². The highest BCUT2D eigenvalue weighted by Gasteiger charge is 2.34. The molecule has 0 amide bonds. The van der Waals surface area contributed by atoms with Crippen LogP contribution in [0.15, 0.2) is 107 Å². The van der Waals surface area contributed by atoms with E-state index in [4.69, 9.17) is 18.9 Å². The number of allylic oxidation sites excluding steroid dienone is 1. The first-order chi connectivity index (χ1) is 19.9. The van der Waals surface area contributed by atoms with E-state index >= 15 is 0 Å². The lowest BCUT2D eigenvalue weighted by atomic mass is 9.95. The molecule has 4 aromatic rings. The van der Waals surface area contributed by atoms with Crippen LogP contribution in [-0.2, 0) is 9.53 Å². The van der Waals surface area contributed by atoms with E-state index in [0.29, 0.717) is 43.6 Å². The van der Waals surface area contributed by atoms with Crippen molar-refractivity contribution in [3.05, 3.63) is 128 Å². The van der Waals surface area contributed by atoms with Crippen LogP contribution in [0.5, 0.6) is 23.0 Å². The van der Waals surface area contributed by atoms with Crippen LogP contribution in [0.3, 0.4) is 0 Å². The number of hydrogen-bond donors (Lipinski definition) is 0. The maximum atomic E-state index is 13.9. The number of aromatic nitrogens is 1. The molecule has 2 heterocycles. The molecular formula is C32H28N2O6S. The van der Waals surface area contributed by atoms with E-state index in [1.807, 2.05) is 54.6 Å². The Bertz CT molecular complexity index is 1820. The maximum absolute atomic E-state index is 13.9. The third-order valence-corrected chi connectivity index (χ3v) is 7.41. The van der Waals surface area contributed by atoms with Gasteiger partial charge in [0, 0.05) is 0 Å². The summed E-state index contributed by atoms with van der Waals surface area (Å²) < 4.78 is 24.3. The Balaban J connectivity index is 1.63. The summed E-state index contributed by atoms with van der Waals surface area (Å²) >= 11 is 1.25. The molecule has 208 valence electrons. The molecule has 1 aliphatic rings. The van der Waals surface area contributed by atoms with Crippen molar-refractivity contribution in [3.8, 4) is 23.0 Å². The van der Waals surface area contributed by atoms with E-state index < -0.39 is 12.0 Å². The van der Waals surface area contributed by atoms with Gasteiger partial charge in [0.2, 0.25) is 0 Å². The molecule has 1 atom stereocenters. The molecule has 0 N–H and O–H groups in total. The summed E-state index contributed by atoms with van der Waals surface area (Å²) in [6.45, 7) is 5.39. The van der Waals surface area contributed by atoms with Gasteiger partial charge in [-0.15, -0.1) is 0 Å². The first-order valence-corrected chi connectivity index (χ1v) is 13.6. The summed E-state index contributed by atoms with van der Waals surface area (Å²) in [7, 11) is 3.08. The molecule has 8 nitrogen and oxygen atoms in total. The zero-order valence-electron chi connectivity index (χ0n) is 22.8. The molecule has 41 heavy (non-hydrogen) atoms. The number of thiazole rings is 1. The number of benzene rings is 3. The Kier molecular flexibility index (Phi) is 8.16. The molecule has 1 aromatic heterocycles. The predicted molar refractivity (Wildman–Crippen MR) is 157 cm³/mol. The van der Waals surface area contributed by atoms with Crippen LogP contribution in [0, 0.1) is 0 Å². The number of ether oxygens (including phenoxy) is 4. The molecule has 9 heteroatoms. The average molecular weight is 569 g/mol. The van der Waals surface area contributed by atoms with E-state index in [1.165, 1.54) is 29.1 Å². The molecule has 3 aromatic carbocycles. The number of nitrogens with zero attached hydrogens (tertiary/aromatic N) is 2. The van der Waals surface area contributed by atoms with E-state index in [0.717, 1.165) is 5.56 Å². The quantitative estimate of drug-likeness (QED) is 0.214. The fourth-order valence-electron chi connectivity index (χ4n) is 4.58. The second-order valence-corrected chi connectivity index (χ2v) is 10.1. The van der Waals surface area contributed by atoms with Gasteiger partial charge in [0.25, 0.3) is 5.56 Å². The van der Waals surface area contributed by atoms with Crippen molar-refractivity contribution >= 4 is 23.4 Å². The van der Waals surface area contributed by atoms with Crippen LogP contribution < -0.4 is 29.1 Å². The fourth-order valence-corrected chi connectivity index (χ4v) is 5.62. The van der Waals surface area contributed by atoms with Gasteiger partial charge in [-0.25, -0.2) is 9.79 Å². The summed E-state index contributed by atoms with van der Waals surface area (Å²) in [6, 6.07) is 21.4. The van der Waals surface area contributed by atoms with Crippen molar-refractivity contribution in [2.75, 3.05) is 20.8 Å². The summed E-state index contributed by atoms with van der Waals surface area (Å²) in [5.74, 6) is 1.77. The minimum Gasteiger partial charge on any atom is -0.493 e. The lowest BCUT2D eigenvalue weighted by molar-refractivity contribution is -0.138. The van der Waals surface area contributed by atoms with Crippen LogP contribution in [0.25, 0.3) is 6.08 Å². The van der Waals surface area contributed by atoms with Gasteiger partial charge in [0.1, 0.15) is 18.1 Å². The molecule has 0 saturated heterocycles. The molecule has 0 radical (unpaired) electrons. The molecule has 1 unspecified atom stereocenters. The molecule has 0 saturated carbocycles. The molecule has 0 spiro atoms.